The van der Waals surface area contributed by atoms with Crippen LogP contribution >= 0.6 is 0 Å². The lowest BCUT2D eigenvalue weighted by molar-refractivity contribution is -0.155. The molecule has 0 aliphatic carbocycles. The Morgan fingerprint density at radius 1 is 1.31 bits per heavy atom. The Morgan fingerprint density at radius 2 is 2.06 bits per heavy atom. The predicted octanol–water partition coefficient (Wildman–Crippen LogP) is 3.16. The van der Waals surface area contributed by atoms with Crippen LogP contribution in [0.1, 0.15) is 81.3 Å². The molecule has 3 N–H and O–H groups in total. The smallest absolute Gasteiger partial charge is 0.306 e. The zero-order chi connectivity index (χ0) is 23.5. The van der Waals surface area contributed by atoms with Gasteiger partial charge in [-0.05, 0) is 82.3 Å². The van der Waals surface area contributed by atoms with Crippen LogP contribution in [0.25, 0.3) is 5.57 Å². The average molecular weight is 442 g/mol. The third-order valence-corrected chi connectivity index (χ3v) is 5.94. The van der Waals surface area contributed by atoms with Crippen molar-refractivity contribution in [3.63, 3.8) is 0 Å². The topological polar surface area (TPSA) is 102 Å². The molecule has 2 aliphatic rings. The lowest BCUT2D eigenvalue weighted by Crippen LogP contribution is -2.45. The lowest BCUT2D eigenvalue weighted by atomic mass is 9.97. The van der Waals surface area contributed by atoms with Crippen molar-refractivity contribution in [2.45, 2.75) is 84.0 Å². The molecule has 0 radical (unpaired) electrons. The number of nitrogens with zero attached hydrogens (tertiary/aromatic N) is 1. The second kappa shape index (κ2) is 9.86. The molecule has 2 unspecified atom stereocenters. The van der Waals surface area contributed by atoms with E-state index in [1.54, 1.807) is 20.8 Å². The van der Waals surface area contributed by atoms with Gasteiger partial charge in [-0.25, -0.2) is 0 Å². The maximum absolute atomic E-state index is 13.0. The number of carbonyl (C=O) groups excluding carboxylic acids is 3. The highest BCUT2D eigenvalue weighted by atomic mass is 16.6. The molecular formula is C25H35N3O4. The molecule has 2 heterocycles. The summed E-state index contributed by atoms with van der Waals surface area (Å²) in [6, 6.07) is 5.32. The summed E-state index contributed by atoms with van der Waals surface area (Å²) in [4.78, 5) is 38.7. The molecule has 32 heavy (non-hydrogen) atoms. The first kappa shape index (κ1) is 24.0. The van der Waals surface area contributed by atoms with Gasteiger partial charge in [-0.15, -0.1) is 0 Å². The largest absolute Gasteiger partial charge is 0.460 e. The summed E-state index contributed by atoms with van der Waals surface area (Å²) in [5.74, 6) is -1.25. The highest BCUT2D eigenvalue weighted by Crippen LogP contribution is 2.29. The summed E-state index contributed by atoms with van der Waals surface area (Å²) >= 11 is 0. The Balaban J connectivity index is 1.71. The minimum Gasteiger partial charge on any atom is -0.460 e. The van der Waals surface area contributed by atoms with Crippen molar-refractivity contribution in [1.29, 1.82) is 0 Å². The van der Waals surface area contributed by atoms with Gasteiger partial charge in [0.2, 0.25) is 5.91 Å². The van der Waals surface area contributed by atoms with Gasteiger partial charge in [-0.2, -0.15) is 0 Å². The number of primary amides is 1. The third kappa shape index (κ3) is 5.97. The van der Waals surface area contributed by atoms with Crippen molar-refractivity contribution in [3.8, 4) is 0 Å². The number of nitrogens with one attached hydrogen (secondary N) is 1. The van der Waals surface area contributed by atoms with E-state index < -0.39 is 23.5 Å². The van der Waals surface area contributed by atoms with Gasteiger partial charge in [0.15, 0.2) is 0 Å². The molecule has 0 spiro atoms. The Hall–Kier alpha value is -2.67. The zero-order valence-corrected chi connectivity index (χ0v) is 19.6. The maximum Gasteiger partial charge on any atom is 0.306 e. The molecule has 1 fully saturated rings. The van der Waals surface area contributed by atoms with E-state index in [0.29, 0.717) is 18.2 Å². The summed E-state index contributed by atoms with van der Waals surface area (Å²) in [7, 11) is 0. The van der Waals surface area contributed by atoms with Crippen LogP contribution in [0.15, 0.2) is 24.3 Å². The number of fused-ring (bicyclic) bond motifs is 1. The maximum atomic E-state index is 13.0. The van der Waals surface area contributed by atoms with Crippen LogP contribution in [-0.2, 0) is 20.9 Å². The molecular weight excluding hydrogens is 406 g/mol. The van der Waals surface area contributed by atoms with E-state index in [1.807, 2.05) is 18.2 Å². The summed E-state index contributed by atoms with van der Waals surface area (Å²) < 4.78 is 5.32. The molecule has 2 atom stereocenters. The number of rotatable bonds is 7. The number of ether oxygens (including phenoxy) is 1. The van der Waals surface area contributed by atoms with Gasteiger partial charge < -0.3 is 20.7 Å². The van der Waals surface area contributed by atoms with Crippen molar-refractivity contribution in [2.75, 3.05) is 6.54 Å². The van der Waals surface area contributed by atoms with Crippen molar-refractivity contribution >= 4 is 23.4 Å². The van der Waals surface area contributed by atoms with Crippen molar-refractivity contribution in [3.05, 3.63) is 41.0 Å². The molecule has 0 aromatic heterocycles. The Labute approximate surface area is 190 Å². The molecule has 0 saturated carbocycles. The van der Waals surface area contributed by atoms with Crippen LogP contribution in [0.4, 0.5) is 0 Å². The summed E-state index contributed by atoms with van der Waals surface area (Å²) in [6.45, 7) is 8.79. The second-order valence-corrected chi connectivity index (χ2v) is 9.75. The van der Waals surface area contributed by atoms with Crippen LogP contribution in [-0.4, -0.2) is 46.9 Å². The van der Waals surface area contributed by atoms with E-state index in [2.05, 4.69) is 18.3 Å². The summed E-state index contributed by atoms with van der Waals surface area (Å²) in [5.41, 5.74) is 8.69. The van der Waals surface area contributed by atoms with Crippen LogP contribution in [0.5, 0.6) is 0 Å². The first-order chi connectivity index (χ1) is 15.0. The minimum absolute atomic E-state index is 0.0203. The molecule has 2 aliphatic heterocycles. The number of hydrogen-bond acceptors (Lipinski definition) is 5. The molecule has 0 bridgehead atoms. The van der Waals surface area contributed by atoms with E-state index in [9.17, 15) is 14.4 Å². The van der Waals surface area contributed by atoms with Crippen LogP contribution in [0.3, 0.4) is 0 Å². The Bertz CT molecular complexity index is 910. The number of hydrogen-bond donors (Lipinski definition) is 2. The SMILES string of the molecule is C/C(=C/C1CCCCN1)c1ccc2c(c1)CN(C(CCC(=O)OC(C)(C)C)C(N)=O)C2=O. The van der Waals surface area contributed by atoms with Crippen LogP contribution in [0, 0.1) is 0 Å². The van der Waals surface area contributed by atoms with Gasteiger partial charge in [-0.3, -0.25) is 14.4 Å². The van der Waals surface area contributed by atoms with Crippen molar-refractivity contribution in [2.24, 2.45) is 5.73 Å². The van der Waals surface area contributed by atoms with Gasteiger partial charge in [0.1, 0.15) is 11.6 Å². The van der Waals surface area contributed by atoms with Gasteiger partial charge in [-0.1, -0.05) is 18.6 Å². The van der Waals surface area contributed by atoms with Gasteiger partial charge >= 0.3 is 5.97 Å². The quantitative estimate of drug-likeness (QED) is 0.633. The molecule has 2 amide bonds. The molecule has 174 valence electrons. The predicted molar refractivity (Wildman–Crippen MR) is 124 cm³/mol. The standard InChI is InChI=1S/C25H35N3O4/c1-16(13-19-7-5-6-12-27-19)17-8-9-20-18(14-17)15-28(24(20)31)21(23(26)30)10-11-22(29)32-25(2,3)4/h8-9,13-14,19,21,27H,5-7,10-12,15H2,1-4H3,(H2,26,30)/b16-13-. The second-order valence-electron chi connectivity index (χ2n) is 9.75. The fourth-order valence-corrected chi connectivity index (χ4v) is 4.36. The third-order valence-electron chi connectivity index (χ3n) is 5.94. The summed E-state index contributed by atoms with van der Waals surface area (Å²) in [6.07, 6.45) is 5.99. The molecule has 1 aromatic carbocycles. The number of piperidine rings is 1. The Kier molecular flexibility index (Phi) is 7.39. The van der Waals surface area contributed by atoms with Crippen LogP contribution in [0.2, 0.25) is 0 Å². The van der Waals surface area contributed by atoms with Crippen molar-refractivity contribution in [1.82, 2.24) is 10.2 Å². The van der Waals surface area contributed by atoms with Gasteiger partial charge in [0.25, 0.3) is 5.91 Å². The molecule has 7 heteroatoms. The Morgan fingerprint density at radius 3 is 2.69 bits per heavy atom. The molecule has 1 saturated heterocycles. The lowest BCUT2D eigenvalue weighted by Gasteiger charge is -2.25. The molecule has 7 nitrogen and oxygen atoms in total. The van der Waals surface area contributed by atoms with Gasteiger partial charge in [0.05, 0.1) is 0 Å². The fraction of sp³-hybridized carbons (Fsp3) is 0.560. The van der Waals surface area contributed by atoms with E-state index >= 15 is 0 Å². The normalized spacial score (nSPS) is 20.1. The number of nitrogens with two attached hydrogens (primary N) is 1. The van der Waals surface area contributed by atoms with Crippen LogP contribution < -0.4 is 11.1 Å². The number of esters is 1. The van der Waals surface area contributed by atoms with E-state index in [1.165, 1.54) is 17.7 Å². The minimum atomic E-state index is -0.853. The highest BCUT2D eigenvalue weighted by molar-refractivity contribution is 6.01. The monoisotopic (exact) mass is 441 g/mol. The number of benzene rings is 1. The first-order valence-corrected chi connectivity index (χ1v) is 11.4. The van der Waals surface area contributed by atoms with E-state index in [-0.39, 0.29) is 18.7 Å². The number of allylic oxidation sites excluding steroid dienone is 1. The van der Waals surface area contributed by atoms with E-state index in [0.717, 1.165) is 29.7 Å². The number of amides is 2. The molecule has 1 aromatic rings. The zero-order valence-electron chi connectivity index (χ0n) is 19.6. The first-order valence-electron chi connectivity index (χ1n) is 11.4. The van der Waals surface area contributed by atoms with Gasteiger partial charge in [0, 0.05) is 24.6 Å². The highest BCUT2D eigenvalue weighted by Gasteiger charge is 2.36. The fourth-order valence-electron chi connectivity index (χ4n) is 4.36. The summed E-state index contributed by atoms with van der Waals surface area (Å²) in [5, 5.41) is 3.52. The number of carbonyl (C=O) groups is 3. The average Bonchev–Trinajstić information content (AvgIpc) is 3.03. The molecule has 3 rings (SSSR count). The van der Waals surface area contributed by atoms with Crippen molar-refractivity contribution < 1.29 is 19.1 Å². The van der Waals surface area contributed by atoms with E-state index in [4.69, 9.17) is 10.5 Å².